The average Bonchev–Trinajstić information content (AvgIpc) is 3.39. The summed E-state index contributed by atoms with van der Waals surface area (Å²) in [6, 6.07) is 4.47. The predicted molar refractivity (Wildman–Crippen MR) is 99.8 cm³/mol. The summed E-state index contributed by atoms with van der Waals surface area (Å²) in [7, 11) is 1.70. The standard InChI is InChI=1S/C22H29NO4/c1-26-12-15-5-4-14-10-17-22(25)7-6-16(24)20-21(22,18(14)19(15)27-20)8-9-23(17)11-13-2-3-13/h4-5,13,16-17,20,24-25H,2-3,6-12H2,1H3/t16-,17-,20+,21+,22-/m1/s1. The Morgan fingerprint density at radius 1 is 1.26 bits per heavy atom. The van der Waals surface area contributed by atoms with Crippen molar-refractivity contribution < 1.29 is 19.7 Å². The second kappa shape index (κ2) is 5.47. The van der Waals surface area contributed by atoms with Crippen LogP contribution in [0.2, 0.25) is 0 Å². The van der Waals surface area contributed by atoms with E-state index >= 15 is 0 Å². The Morgan fingerprint density at radius 2 is 2.11 bits per heavy atom. The molecule has 5 heteroatoms. The van der Waals surface area contributed by atoms with Gasteiger partial charge in [-0.3, -0.25) is 4.90 Å². The normalized spacial score (nSPS) is 42.0. The third-order valence-electron chi connectivity index (χ3n) is 8.13. The molecule has 0 amide bonds. The third kappa shape index (κ3) is 1.99. The molecule has 146 valence electrons. The number of rotatable bonds is 4. The molecule has 2 N–H and O–H groups in total. The summed E-state index contributed by atoms with van der Waals surface area (Å²) in [5.41, 5.74) is 2.24. The van der Waals surface area contributed by atoms with Crippen molar-refractivity contribution in [3.8, 4) is 5.75 Å². The van der Waals surface area contributed by atoms with E-state index in [1.54, 1.807) is 7.11 Å². The van der Waals surface area contributed by atoms with Crippen molar-refractivity contribution in [2.75, 3.05) is 20.2 Å². The summed E-state index contributed by atoms with van der Waals surface area (Å²) in [5, 5.41) is 23.1. The summed E-state index contributed by atoms with van der Waals surface area (Å²) >= 11 is 0. The van der Waals surface area contributed by atoms with Crippen molar-refractivity contribution >= 4 is 0 Å². The van der Waals surface area contributed by atoms with E-state index in [-0.39, 0.29) is 12.1 Å². The lowest BCUT2D eigenvalue weighted by Crippen LogP contribution is -2.77. The molecule has 2 bridgehead atoms. The average molecular weight is 371 g/mol. The fourth-order valence-corrected chi connectivity index (χ4v) is 6.79. The van der Waals surface area contributed by atoms with E-state index in [2.05, 4.69) is 17.0 Å². The Bertz CT molecular complexity index is 793. The van der Waals surface area contributed by atoms with Gasteiger partial charge in [0.25, 0.3) is 0 Å². The van der Waals surface area contributed by atoms with Crippen LogP contribution in [0, 0.1) is 5.92 Å². The molecule has 0 radical (unpaired) electrons. The number of methoxy groups -OCH3 is 1. The van der Waals surface area contributed by atoms with Crippen LogP contribution in [0.5, 0.6) is 5.75 Å². The van der Waals surface area contributed by atoms with E-state index in [0.717, 1.165) is 43.2 Å². The summed E-state index contributed by atoms with van der Waals surface area (Å²) in [5.74, 6) is 1.70. The fourth-order valence-electron chi connectivity index (χ4n) is 6.79. The first-order chi connectivity index (χ1) is 13.1. The van der Waals surface area contributed by atoms with E-state index < -0.39 is 17.1 Å². The number of aliphatic hydroxyl groups excluding tert-OH is 1. The molecule has 1 aromatic carbocycles. The third-order valence-corrected chi connectivity index (χ3v) is 8.13. The number of hydrogen-bond acceptors (Lipinski definition) is 5. The van der Waals surface area contributed by atoms with Crippen molar-refractivity contribution in [2.24, 2.45) is 5.92 Å². The molecule has 0 unspecified atom stereocenters. The van der Waals surface area contributed by atoms with Crippen molar-refractivity contribution in [2.45, 2.75) is 74.4 Å². The highest BCUT2D eigenvalue weighted by Gasteiger charge is 2.72. The molecule has 5 nitrogen and oxygen atoms in total. The molecule has 6 rings (SSSR count). The number of ether oxygens (including phenoxy) is 2. The fraction of sp³-hybridized carbons (Fsp3) is 0.727. The van der Waals surface area contributed by atoms with Crippen LogP contribution >= 0.6 is 0 Å². The van der Waals surface area contributed by atoms with Gasteiger partial charge in [-0.25, -0.2) is 0 Å². The van der Waals surface area contributed by atoms with Gasteiger partial charge in [0.05, 0.1) is 23.7 Å². The summed E-state index contributed by atoms with van der Waals surface area (Å²) in [6.07, 6.45) is 4.82. The Balaban J connectivity index is 1.54. The number of aliphatic hydroxyl groups is 2. The molecule has 1 spiro atoms. The monoisotopic (exact) mass is 371 g/mol. The van der Waals surface area contributed by atoms with E-state index in [0.29, 0.717) is 19.4 Å². The molecular formula is C22H29NO4. The largest absolute Gasteiger partial charge is 0.486 e. The number of nitrogens with zero attached hydrogens (tertiary/aromatic N) is 1. The van der Waals surface area contributed by atoms with Gasteiger partial charge in [0.1, 0.15) is 11.9 Å². The number of hydrogen-bond donors (Lipinski definition) is 2. The molecule has 2 saturated carbocycles. The summed E-state index contributed by atoms with van der Waals surface area (Å²) in [4.78, 5) is 2.56. The van der Waals surface area contributed by atoms with Crippen molar-refractivity contribution in [1.29, 1.82) is 0 Å². The smallest absolute Gasteiger partial charge is 0.137 e. The molecule has 1 saturated heterocycles. The quantitative estimate of drug-likeness (QED) is 0.845. The molecule has 0 aromatic heterocycles. The maximum absolute atomic E-state index is 12.2. The van der Waals surface area contributed by atoms with Gasteiger partial charge < -0.3 is 19.7 Å². The Morgan fingerprint density at radius 3 is 2.89 bits per heavy atom. The number of likely N-dealkylation sites (tertiary alicyclic amines) is 1. The van der Waals surface area contributed by atoms with Gasteiger partial charge in [-0.05, 0) is 56.6 Å². The first kappa shape index (κ1) is 16.8. The predicted octanol–water partition coefficient (Wildman–Crippen LogP) is 1.76. The second-order valence-corrected chi connectivity index (χ2v) is 9.47. The van der Waals surface area contributed by atoms with Gasteiger partial charge in [0.2, 0.25) is 0 Å². The van der Waals surface area contributed by atoms with Crippen molar-refractivity contribution in [3.05, 3.63) is 28.8 Å². The van der Waals surface area contributed by atoms with Crippen LogP contribution in [-0.2, 0) is 23.2 Å². The van der Waals surface area contributed by atoms with Crippen LogP contribution in [0.1, 0.15) is 48.8 Å². The Labute approximate surface area is 160 Å². The molecule has 2 heterocycles. The molecule has 27 heavy (non-hydrogen) atoms. The van der Waals surface area contributed by atoms with E-state index in [1.165, 1.54) is 24.0 Å². The highest BCUT2D eigenvalue weighted by atomic mass is 16.5. The second-order valence-electron chi connectivity index (χ2n) is 9.47. The van der Waals surface area contributed by atoms with Gasteiger partial charge in [0.15, 0.2) is 0 Å². The molecule has 5 atom stereocenters. The van der Waals surface area contributed by atoms with Crippen LogP contribution in [0.25, 0.3) is 0 Å². The van der Waals surface area contributed by atoms with Gasteiger partial charge in [-0.15, -0.1) is 0 Å². The first-order valence-electron chi connectivity index (χ1n) is 10.5. The highest BCUT2D eigenvalue weighted by Crippen LogP contribution is 2.64. The molecule has 3 aliphatic carbocycles. The maximum atomic E-state index is 12.2. The molecule has 5 aliphatic rings. The zero-order valence-corrected chi connectivity index (χ0v) is 16.0. The molecule has 1 aromatic rings. The highest BCUT2D eigenvalue weighted by molar-refractivity contribution is 5.60. The van der Waals surface area contributed by atoms with Crippen molar-refractivity contribution in [1.82, 2.24) is 4.90 Å². The lowest BCUT2D eigenvalue weighted by Gasteiger charge is -2.63. The minimum atomic E-state index is -0.812. The summed E-state index contributed by atoms with van der Waals surface area (Å²) in [6.45, 7) is 2.60. The number of benzene rings is 1. The van der Waals surface area contributed by atoms with Crippen LogP contribution < -0.4 is 4.74 Å². The Hall–Kier alpha value is -1.14. The van der Waals surface area contributed by atoms with Crippen LogP contribution in [0.3, 0.4) is 0 Å². The molecular weight excluding hydrogens is 342 g/mol. The lowest BCUT2D eigenvalue weighted by atomic mass is 9.48. The van der Waals surface area contributed by atoms with E-state index in [4.69, 9.17) is 9.47 Å². The zero-order valence-electron chi connectivity index (χ0n) is 16.0. The number of piperidine rings is 1. The van der Waals surface area contributed by atoms with Gasteiger partial charge >= 0.3 is 0 Å². The Kier molecular flexibility index (Phi) is 3.40. The van der Waals surface area contributed by atoms with Gasteiger partial charge in [-0.2, -0.15) is 0 Å². The van der Waals surface area contributed by atoms with Gasteiger partial charge in [0, 0.05) is 30.8 Å². The molecule has 2 aliphatic heterocycles. The van der Waals surface area contributed by atoms with E-state index in [1.807, 2.05) is 0 Å². The topological polar surface area (TPSA) is 62.2 Å². The van der Waals surface area contributed by atoms with Crippen LogP contribution in [-0.4, -0.2) is 59.2 Å². The first-order valence-corrected chi connectivity index (χ1v) is 10.5. The lowest BCUT2D eigenvalue weighted by molar-refractivity contribution is -0.208. The zero-order chi connectivity index (χ0) is 18.4. The van der Waals surface area contributed by atoms with Crippen molar-refractivity contribution in [3.63, 3.8) is 0 Å². The summed E-state index contributed by atoms with van der Waals surface area (Å²) < 4.78 is 11.9. The molecule has 3 fully saturated rings. The van der Waals surface area contributed by atoms with Gasteiger partial charge in [-0.1, -0.05) is 12.1 Å². The van der Waals surface area contributed by atoms with E-state index in [9.17, 15) is 10.2 Å². The van der Waals surface area contributed by atoms with Crippen LogP contribution in [0.15, 0.2) is 12.1 Å². The minimum Gasteiger partial charge on any atom is -0.486 e. The SMILES string of the molecule is COCc1ccc2c3c1O[C@H]1[C@H](O)CC[C@@]4(O)[C@@H](C2)N(CC2CC2)CC[C@]314. The van der Waals surface area contributed by atoms with Crippen LogP contribution in [0.4, 0.5) is 0 Å². The minimum absolute atomic E-state index is 0.136. The maximum Gasteiger partial charge on any atom is 0.137 e.